The number of rotatable bonds is 1. The van der Waals surface area contributed by atoms with Crippen LogP contribution >= 0.6 is 15.9 Å². The van der Waals surface area contributed by atoms with Gasteiger partial charge in [-0.1, -0.05) is 75.9 Å². The molecule has 128 valence electrons. The summed E-state index contributed by atoms with van der Waals surface area (Å²) in [4.78, 5) is 0. The highest BCUT2D eigenvalue weighted by Gasteiger charge is 2.47. The lowest BCUT2D eigenvalue weighted by molar-refractivity contribution is 0.206. The number of hydrogen-bond acceptors (Lipinski definition) is 1. The molecular weight excluding hydrogens is 334 g/mol. The first-order chi connectivity index (χ1) is 10.3. The molecule has 2 aliphatic carbocycles. The van der Waals surface area contributed by atoms with Crippen LogP contribution in [-0.2, 0) is 0 Å². The lowest BCUT2D eigenvalue weighted by Gasteiger charge is -2.44. The summed E-state index contributed by atoms with van der Waals surface area (Å²) in [5.74, 6) is 0.983. The molecule has 2 fully saturated rings. The minimum atomic E-state index is -0.0553. The van der Waals surface area contributed by atoms with Gasteiger partial charge in [-0.15, -0.1) is 0 Å². The fourth-order valence-corrected chi connectivity index (χ4v) is 4.98. The molecule has 2 rings (SSSR count). The van der Waals surface area contributed by atoms with Crippen molar-refractivity contribution in [2.24, 2.45) is 17.6 Å². The van der Waals surface area contributed by atoms with Gasteiger partial charge in [-0.3, -0.25) is 0 Å². The monoisotopic (exact) mass is 369 g/mol. The highest BCUT2D eigenvalue weighted by Crippen LogP contribution is 2.51. The largest absolute Gasteiger partial charge is 0.325 e. The zero-order valence-electron chi connectivity index (χ0n) is 15.5. The number of allylic oxidation sites excluding steroid dienone is 4. The van der Waals surface area contributed by atoms with E-state index in [-0.39, 0.29) is 9.86 Å². The summed E-state index contributed by atoms with van der Waals surface area (Å²) in [5.41, 5.74) is 9.24. The molecule has 0 heterocycles. The van der Waals surface area contributed by atoms with E-state index >= 15 is 0 Å². The predicted molar refractivity (Wildman–Crippen MR) is 105 cm³/mol. The van der Waals surface area contributed by atoms with Gasteiger partial charge in [-0.2, -0.15) is 0 Å². The van der Waals surface area contributed by atoms with E-state index < -0.39 is 0 Å². The number of fused-ring (bicyclic) bond motifs is 2. The zero-order valence-corrected chi connectivity index (χ0v) is 17.1. The third kappa shape index (κ3) is 5.38. The summed E-state index contributed by atoms with van der Waals surface area (Å²) in [6, 6.07) is 0. The van der Waals surface area contributed by atoms with Gasteiger partial charge >= 0.3 is 0 Å². The topological polar surface area (TPSA) is 26.0 Å². The Kier molecular flexibility index (Phi) is 8.94. The van der Waals surface area contributed by atoms with Crippen LogP contribution in [0.25, 0.3) is 0 Å². The van der Waals surface area contributed by atoms with Gasteiger partial charge in [0, 0.05) is 9.86 Å². The Labute approximate surface area is 147 Å². The average molecular weight is 370 g/mol. The Hall–Kier alpha value is -0.340. The predicted octanol–water partition coefficient (Wildman–Crippen LogP) is 6.40. The maximum Gasteiger partial charge on any atom is 0.0253 e. The quantitative estimate of drug-likeness (QED) is 0.531. The molecule has 2 heteroatoms. The molecule has 2 bridgehead atoms. The van der Waals surface area contributed by atoms with Crippen molar-refractivity contribution >= 4 is 15.9 Å². The molecule has 0 radical (unpaired) electrons. The standard InChI is InChI=1S/C16H24BrN.2C2H6/c1-5-6-14-11(2)7-16(18)9-13(12(14)3)8-15(4,17)10-16;2*1-2/h5-6,11,13H,1,3,7-10,18H2,2,4H3;2*1-2H3/b14-6-;;. The maximum absolute atomic E-state index is 6.66. The fraction of sp³-hybridized carbons (Fsp3) is 0.700. The van der Waals surface area contributed by atoms with Crippen molar-refractivity contribution in [1.82, 2.24) is 0 Å². The molecular formula is C20H36BrN. The van der Waals surface area contributed by atoms with Crippen molar-refractivity contribution in [3.63, 3.8) is 0 Å². The van der Waals surface area contributed by atoms with Gasteiger partial charge in [0.1, 0.15) is 0 Å². The van der Waals surface area contributed by atoms with E-state index in [2.05, 4.69) is 49.0 Å². The molecule has 0 aromatic carbocycles. The van der Waals surface area contributed by atoms with Crippen molar-refractivity contribution in [2.75, 3.05) is 0 Å². The van der Waals surface area contributed by atoms with Crippen LogP contribution in [0.3, 0.4) is 0 Å². The minimum Gasteiger partial charge on any atom is -0.325 e. The summed E-state index contributed by atoms with van der Waals surface area (Å²) in [6.45, 7) is 20.7. The number of alkyl halides is 1. The van der Waals surface area contributed by atoms with Gasteiger partial charge in [0.05, 0.1) is 0 Å². The summed E-state index contributed by atoms with van der Waals surface area (Å²) in [6.07, 6.45) is 8.31. The van der Waals surface area contributed by atoms with Crippen molar-refractivity contribution in [2.45, 2.75) is 77.1 Å². The van der Waals surface area contributed by atoms with Crippen LogP contribution in [0.2, 0.25) is 0 Å². The normalized spacial score (nSPS) is 38.9. The molecule has 0 aromatic rings. The first-order valence-corrected chi connectivity index (χ1v) is 9.55. The van der Waals surface area contributed by atoms with E-state index in [0.717, 1.165) is 25.7 Å². The molecule has 0 amide bonds. The Balaban J connectivity index is 0.00000102. The summed E-state index contributed by atoms with van der Waals surface area (Å²) in [7, 11) is 0. The fourth-order valence-electron chi connectivity index (χ4n) is 4.03. The van der Waals surface area contributed by atoms with Crippen molar-refractivity contribution < 1.29 is 0 Å². The zero-order chi connectivity index (χ0) is 17.6. The van der Waals surface area contributed by atoms with Crippen LogP contribution in [-0.4, -0.2) is 9.86 Å². The summed E-state index contributed by atoms with van der Waals surface area (Å²) >= 11 is 3.86. The molecule has 2 saturated carbocycles. The molecule has 0 saturated heterocycles. The number of nitrogens with two attached hydrogens (primary N) is 1. The summed E-state index contributed by atoms with van der Waals surface area (Å²) < 4.78 is 0.150. The van der Waals surface area contributed by atoms with Crippen LogP contribution in [0.4, 0.5) is 0 Å². The highest BCUT2D eigenvalue weighted by atomic mass is 79.9. The van der Waals surface area contributed by atoms with E-state index in [0.29, 0.717) is 11.8 Å². The Morgan fingerprint density at radius 2 is 1.73 bits per heavy atom. The van der Waals surface area contributed by atoms with Crippen molar-refractivity contribution in [1.29, 1.82) is 0 Å². The second-order valence-electron chi connectivity index (χ2n) is 6.55. The van der Waals surface area contributed by atoms with Gasteiger partial charge in [0.25, 0.3) is 0 Å². The molecule has 0 spiro atoms. The molecule has 22 heavy (non-hydrogen) atoms. The van der Waals surface area contributed by atoms with E-state index in [9.17, 15) is 0 Å². The summed E-state index contributed by atoms with van der Waals surface area (Å²) in [5, 5.41) is 0. The smallest absolute Gasteiger partial charge is 0.0253 e. The molecule has 1 nitrogen and oxygen atoms in total. The van der Waals surface area contributed by atoms with Crippen molar-refractivity contribution in [3.8, 4) is 0 Å². The van der Waals surface area contributed by atoms with Gasteiger partial charge < -0.3 is 5.73 Å². The SMILES string of the molecule is C=C/C=C1\C(=C)C2CC(C)(Br)CC(N)(C2)CC1C.CC.CC. The van der Waals surface area contributed by atoms with Crippen LogP contribution in [0, 0.1) is 11.8 Å². The first kappa shape index (κ1) is 21.7. The Morgan fingerprint density at radius 1 is 1.18 bits per heavy atom. The second kappa shape index (κ2) is 9.08. The van der Waals surface area contributed by atoms with Gasteiger partial charge in [0.15, 0.2) is 0 Å². The average Bonchev–Trinajstić information content (AvgIpc) is 2.51. The number of hydrogen-bond donors (Lipinski definition) is 1. The first-order valence-electron chi connectivity index (χ1n) is 8.76. The van der Waals surface area contributed by atoms with E-state index in [1.54, 1.807) is 0 Å². The minimum absolute atomic E-state index is 0.0553. The highest BCUT2D eigenvalue weighted by molar-refractivity contribution is 9.10. The van der Waals surface area contributed by atoms with Crippen molar-refractivity contribution in [3.05, 3.63) is 36.5 Å². The molecule has 0 aromatic heterocycles. The molecule has 4 unspecified atom stereocenters. The maximum atomic E-state index is 6.66. The Bertz CT molecular complexity index is 408. The lowest BCUT2D eigenvalue weighted by Crippen LogP contribution is -2.50. The van der Waals surface area contributed by atoms with Gasteiger partial charge in [0.2, 0.25) is 0 Å². The Morgan fingerprint density at radius 3 is 2.23 bits per heavy atom. The van der Waals surface area contributed by atoms with E-state index in [1.165, 1.54) is 11.1 Å². The number of halogens is 1. The molecule has 2 aliphatic rings. The van der Waals surface area contributed by atoms with E-state index in [1.807, 2.05) is 33.8 Å². The van der Waals surface area contributed by atoms with Gasteiger partial charge in [-0.05, 0) is 55.6 Å². The van der Waals surface area contributed by atoms with Crippen LogP contribution in [0.1, 0.15) is 67.2 Å². The third-order valence-electron chi connectivity index (χ3n) is 4.45. The van der Waals surface area contributed by atoms with Gasteiger partial charge in [-0.25, -0.2) is 0 Å². The molecule has 2 N–H and O–H groups in total. The second-order valence-corrected chi connectivity index (χ2v) is 8.46. The van der Waals surface area contributed by atoms with Crippen LogP contribution < -0.4 is 5.73 Å². The van der Waals surface area contributed by atoms with E-state index in [4.69, 9.17) is 5.73 Å². The van der Waals surface area contributed by atoms with Crippen LogP contribution in [0.15, 0.2) is 36.5 Å². The lowest BCUT2D eigenvalue weighted by atomic mass is 9.69. The molecule has 4 atom stereocenters. The third-order valence-corrected chi connectivity index (χ3v) is 5.05. The van der Waals surface area contributed by atoms with Crippen LogP contribution in [0.5, 0.6) is 0 Å². The molecule has 0 aliphatic heterocycles.